The largest absolute Gasteiger partial charge is 0.465 e. The number of esters is 8. The molecule has 0 spiro atoms. The maximum Gasteiger partial charge on any atom is 0.333 e. The fourth-order valence-electron chi connectivity index (χ4n) is 8.56. The van der Waals surface area contributed by atoms with Gasteiger partial charge >= 0.3 is 47.8 Å². The van der Waals surface area contributed by atoms with E-state index in [0.29, 0.717) is 72.8 Å². The number of thiazole rings is 1. The van der Waals surface area contributed by atoms with Gasteiger partial charge in [-0.3, -0.25) is 19.2 Å². The molecule has 7 rings (SSSR count). The van der Waals surface area contributed by atoms with E-state index in [9.17, 15) is 43.6 Å². The molecule has 0 aliphatic heterocycles. The van der Waals surface area contributed by atoms with Crippen LogP contribution in [0.3, 0.4) is 0 Å². The number of carbonyl (C=O) groups excluding carboxylic acids is 8. The number of hydrogen-bond acceptors (Lipinski definition) is 25. The van der Waals surface area contributed by atoms with Crippen LogP contribution >= 0.6 is 11.3 Å². The second kappa shape index (κ2) is 31.3. The van der Waals surface area contributed by atoms with Gasteiger partial charge in [0.05, 0.1) is 52.3 Å². The summed E-state index contributed by atoms with van der Waals surface area (Å²) in [6.45, 7) is 11.2. The van der Waals surface area contributed by atoms with Gasteiger partial charge in [0.1, 0.15) is 17.0 Å². The third-order valence-electron chi connectivity index (χ3n) is 13.0. The predicted octanol–water partition coefficient (Wildman–Crippen LogP) is 9.66. The van der Waals surface area contributed by atoms with Crippen LogP contribution in [0.1, 0.15) is 62.5 Å². The van der Waals surface area contributed by atoms with Crippen molar-refractivity contribution in [3.8, 4) is 46.3 Å². The molecule has 1 aromatic heterocycles. The minimum atomic E-state index is -0.749. The molecule has 2 aliphatic carbocycles. The fraction of sp³-hybridized carbons (Fsp3) is 0.300. The molecule has 85 heavy (non-hydrogen) atoms. The standard InChI is InChI=1S/C60H56N4O20S/c1-5-50(65)78-32-74-45-25-22-43(29-48(45)76-34-80-52(67)7-3)82-57(70)39-13-11-38(12-14-39)56(69)73-28-27-37-19-24-47(54-55(37)85-60(62-54)64-63-42-20-9-36(31-61)10-21-42)84-59(72)41-17-15-40(16-18-41)58(71)83-44-23-26-46(75-33-79-51(66)6-2)49(30-44)77-35-81-53(68)8-4/h5-10,19-26,29-30,38-41H,1-4,11-18,27-28,32-35H2. The molecular weight excluding hydrogens is 1130 g/mol. The van der Waals surface area contributed by atoms with Crippen molar-refractivity contribution in [3.63, 3.8) is 0 Å². The fourth-order valence-corrected chi connectivity index (χ4v) is 9.50. The zero-order valence-electron chi connectivity index (χ0n) is 45.6. The molecule has 25 heteroatoms. The number of fused-ring (bicyclic) bond motifs is 1. The third-order valence-corrected chi connectivity index (χ3v) is 14.0. The summed E-state index contributed by atoms with van der Waals surface area (Å²) in [5, 5.41) is 18.1. The Morgan fingerprint density at radius 2 is 0.918 bits per heavy atom. The van der Waals surface area contributed by atoms with Gasteiger partial charge in [0, 0.05) is 42.9 Å². The zero-order chi connectivity index (χ0) is 60.7. The van der Waals surface area contributed by atoms with Crippen LogP contribution in [0.2, 0.25) is 0 Å². The maximum absolute atomic E-state index is 13.8. The smallest absolute Gasteiger partial charge is 0.333 e. The number of rotatable bonds is 28. The van der Waals surface area contributed by atoms with Gasteiger partial charge in [-0.25, -0.2) is 24.2 Å². The van der Waals surface area contributed by atoms with Crippen LogP contribution in [-0.2, 0) is 68.5 Å². The average Bonchev–Trinajstić information content (AvgIpc) is 3.50. The van der Waals surface area contributed by atoms with Gasteiger partial charge in [0.2, 0.25) is 32.3 Å². The van der Waals surface area contributed by atoms with Crippen molar-refractivity contribution in [2.75, 3.05) is 33.8 Å². The summed E-state index contributed by atoms with van der Waals surface area (Å²) in [4.78, 5) is 105. The van der Waals surface area contributed by atoms with Crippen LogP contribution in [0.5, 0.6) is 40.2 Å². The van der Waals surface area contributed by atoms with Gasteiger partial charge < -0.3 is 56.8 Å². The van der Waals surface area contributed by atoms with E-state index in [0.717, 1.165) is 29.9 Å². The minimum absolute atomic E-state index is 0.00474. The molecule has 1 heterocycles. The highest BCUT2D eigenvalue weighted by Gasteiger charge is 2.34. The molecule has 0 N–H and O–H groups in total. The van der Waals surface area contributed by atoms with Crippen LogP contribution in [0.25, 0.3) is 10.2 Å². The summed E-state index contributed by atoms with van der Waals surface area (Å²) >= 11 is 1.18. The van der Waals surface area contributed by atoms with Gasteiger partial charge in [-0.1, -0.05) is 43.7 Å². The molecule has 0 radical (unpaired) electrons. The number of ether oxygens (including phenoxy) is 12. The van der Waals surface area contributed by atoms with E-state index in [-0.39, 0.29) is 58.4 Å². The Hall–Kier alpha value is -10.2. The van der Waals surface area contributed by atoms with Gasteiger partial charge in [-0.05, 0) is 112 Å². The molecule has 442 valence electrons. The lowest BCUT2D eigenvalue weighted by atomic mass is 9.82. The first-order chi connectivity index (χ1) is 41.2. The highest BCUT2D eigenvalue weighted by molar-refractivity contribution is 7.22. The first-order valence-electron chi connectivity index (χ1n) is 26.3. The molecule has 0 amide bonds. The first-order valence-corrected chi connectivity index (χ1v) is 27.1. The number of benzene rings is 4. The highest BCUT2D eigenvalue weighted by atomic mass is 32.1. The monoisotopic (exact) mass is 1180 g/mol. The van der Waals surface area contributed by atoms with E-state index in [1.54, 1.807) is 36.4 Å². The number of azo groups is 1. The second-order valence-corrected chi connectivity index (χ2v) is 19.4. The normalized spacial score (nSPS) is 16.2. The molecule has 24 nitrogen and oxygen atoms in total. The lowest BCUT2D eigenvalue weighted by molar-refractivity contribution is -0.152. The molecule has 0 atom stereocenters. The molecule has 0 bridgehead atoms. The van der Waals surface area contributed by atoms with Gasteiger partial charge in [-0.15, -0.1) is 10.2 Å². The molecule has 2 saturated carbocycles. The molecule has 0 unspecified atom stereocenters. The van der Waals surface area contributed by atoms with Crippen molar-refractivity contribution in [2.45, 2.75) is 57.8 Å². The highest BCUT2D eigenvalue weighted by Crippen LogP contribution is 2.40. The number of aromatic nitrogens is 1. The van der Waals surface area contributed by atoms with Crippen molar-refractivity contribution in [1.29, 1.82) is 5.26 Å². The van der Waals surface area contributed by atoms with Crippen molar-refractivity contribution in [2.24, 2.45) is 33.9 Å². The lowest BCUT2D eigenvalue weighted by Gasteiger charge is -2.26. The average molecular weight is 1190 g/mol. The summed E-state index contributed by atoms with van der Waals surface area (Å²) < 4.78 is 65.2. The van der Waals surface area contributed by atoms with E-state index in [4.69, 9.17) is 56.8 Å². The Kier molecular flexibility index (Phi) is 23.0. The SMILES string of the molecule is C=CC(=O)OCOc1ccc(OC(=O)C2CCC(C(=O)OCCc3ccc(OC(=O)C4CCC(C(=O)Oc5ccc(OCOC(=O)C=C)c(OCOC(=O)C=C)c5)CC4)c4nc(N=Nc5ccc(C#N)cc5)sc34)CC2)cc1OCOC(=O)C=C. The molecular formula is C60H56N4O20S. The Balaban J connectivity index is 0.939. The van der Waals surface area contributed by atoms with Crippen molar-refractivity contribution in [1.82, 2.24) is 4.98 Å². The van der Waals surface area contributed by atoms with Crippen LogP contribution in [0, 0.1) is 35.0 Å². The topological polar surface area (TPSA) is 309 Å². The Bertz CT molecular complexity index is 3390. The van der Waals surface area contributed by atoms with Gasteiger partial charge in [0.25, 0.3) is 0 Å². The molecule has 2 aliphatic rings. The Morgan fingerprint density at radius 3 is 1.35 bits per heavy atom. The summed E-state index contributed by atoms with van der Waals surface area (Å²) in [7, 11) is 0. The van der Waals surface area contributed by atoms with E-state index < -0.39 is 98.6 Å². The molecule has 0 saturated heterocycles. The number of nitrogens with zero attached hydrogens (tertiary/aromatic N) is 4. The summed E-state index contributed by atoms with van der Waals surface area (Å²) in [6, 6.07) is 20.2. The molecule has 4 aromatic carbocycles. The molecule has 2 fully saturated rings. The van der Waals surface area contributed by atoms with Crippen LogP contribution in [-0.4, -0.2) is 86.5 Å². The van der Waals surface area contributed by atoms with Crippen molar-refractivity contribution in [3.05, 3.63) is 135 Å². The third kappa shape index (κ3) is 18.4. The molecule has 5 aromatic rings. The zero-order valence-corrected chi connectivity index (χ0v) is 46.5. The van der Waals surface area contributed by atoms with Gasteiger partial charge in [0.15, 0.2) is 28.7 Å². The Labute approximate surface area is 490 Å². The maximum atomic E-state index is 13.8. The van der Waals surface area contributed by atoms with Crippen LogP contribution in [0.4, 0.5) is 10.8 Å². The van der Waals surface area contributed by atoms with E-state index in [2.05, 4.69) is 47.6 Å². The quantitative estimate of drug-likeness (QED) is 0.0112. The van der Waals surface area contributed by atoms with E-state index in [1.807, 2.05) is 0 Å². The van der Waals surface area contributed by atoms with E-state index >= 15 is 0 Å². The summed E-state index contributed by atoms with van der Waals surface area (Å²) in [5.74, 6) is -6.64. The van der Waals surface area contributed by atoms with Crippen LogP contribution < -0.4 is 33.2 Å². The first kappa shape index (κ1) is 62.4. The van der Waals surface area contributed by atoms with Crippen molar-refractivity contribution >= 4 is 80.1 Å². The number of carbonyl (C=O) groups is 8. The number of nitriles is 1. The predicted molar refractivity (Wildman–Crippen MR) is 297 cm³/mol. The minimum Gasteiger partial charge on any atom is -0.465 e. The summed E-state index contributed by atoms with van der Waals surface area (Å²) in [5.41, 5.74) is 1.95. The van der Waals surface area contributed by atoms with Crippen LogP contribution in [0.15, 0.2) is 134 Å². The Morgan fingerprint density at radius 1 is 0.506 bits per heavy atom. The summed E-state index contributed by atoms with van der Waals surface area (Å²) in [6.07, 6.45) is 6.68. The lowest BCUT2D eigenvalue weighted by Crippen LogP contribution is -2.30. The second-order valence-electron chi connectivity index (χ2n) is 18.5. The van der Waals surface area contributed by atoms with Crippen molar-refractivity contribution < 1.29 is 95.2 Å². The number of hydrogen-bond donors (Lipinski definition) is 0. The van der Waals surface area contributed by atoms with E-state index in [1.165, 1.54) is 47.7 Å². The van der Waals surface area contributed by atoms with Gasteiger partial charge in [-0.2, -0.15) is 5.26 Å².